The molecular weight excluding hydrogens is 480 g/mol. The normalized spacial score (nSPS) is 24.3. The number of aromatic nitrogens is 4. The molecule has 0 spiro atoms. The van der Waals surface area contributed by atoms with Crippen molar-refractivity contribution in [3.8, 4) is 0 Å². The van der Waals surface area contributed by atoms with Gasteiger partial charge in [0.25, 0.3) is 0 Å². The van der Waals surface area contributed by atoms with Crippen LogP contribution in [-0.2, 0) is 9.30 Å². The number of aliphatic hydroxyl groups is 2. The van der Waals surface area contributed by atoms with Crippen LogP contribution in [0.4, 0.5) is 10.2 Å². The van der Waals surface area contributed by atoms with E-state index in [0.29, 0.717) is 5.56 Å². The van der Waals surface area contributed by atoms with Crippen LogP contribution in [0.5, 0.6) is 0 Å². The van der Waals surface area contributed by atoms with E-state index >= 15 is 0 Å². The standard InChI is InChI=1S/C19H22ClFN5O6P/c1-9(10-4-2-3-5-11(10)21)23-16-13-17(25-19(20)24-16)26(8-22-13)18-15(28)14(27)12(32-18)6-7-33(29,30)31/h2-5,8-9,12,14-15,18,27-28H,6-7H2,1H3,(H,23,24,25)(H2,29,30,31)/t9-,12+,14?,15-,18+/m0/s1. The van der Waals surface area contributed by atoms with Crippen LogP contribution < -0.4 is 5.32 Å². The fourth-order valence-electron chi connectivity index (χ4n) is 3.78. The summed E-state index contributed by atoms with van der Waals surface area (Å²) in [5.74, 6) is -0.164. The SMILES string of the molecule is C[C@H](Nc1nc(Cl)nc2c1ncn2[C@@H]1O[C@H](CCP(=O)(O)O)C(O)[C@@H]1O)c1ccccc1F. The van der Waals surface area contributed by atoms with Crippen LogP contribution >= 0.6 is 19.2 Å². The first-order chi connectivity index (χ1) is 15.5. The Morgan fingerprint density at radius 2 is 2.00 bits per heavy atom. The monoisotopic (exact) mass is 501 g/mol. The van der Waals surface area contributed by atoms with Gasteiger partial charge in [0, 0.05) is 5.56 Å². The maximum atomic E-state index is 14.2. The molecule has 1 aromatic carbocycles. The van der Waals surface area contributed by atoms with Crippen LogP contribution in [0.25, 0.3) is 11.2 Å². The number of anilines is 1. The maximum absolute atomic E-state index is 14.2. The molecule has 4 rings (SSSR count). The summed E-state index contributed by atoms with van der Waals surface area (Å²) in [7, 11) is -4.30. The average Bonchev–Trinajstić information content (AvgIpc) is 3.27. The van der Waals surface area contributed by atoms with Gasteiger partial charge in [0.15, 0.2) is 23.2 Å². The number of aliphatic hydroxyl groups excluding tert-OH is 2. The minimum absolute atomic E-state index is 0.140. The van der Waals surface area contributed by atoms with E-state index in [0.717, 1.165) is 0 Å². The van der Waals surface area contributed by atoms with Gasteiger partial charge >= 0.3 is 7.60 Å². The van der Waals surface area contributed by atoms with Crippen molar-refractivity contribution >= 4 is 36.2 Å². The van der Waals surface area contributed by atoms with Gasteiger partial charge in [-0.25, -0.2) is 9.37 Å². The Morgan fingerprint density at radius 3 is 2.70 bits per heavy atom. The van der Waals surface area contributed by atoms with Gasteiger partial charge in [-0.3, -0.25) is 9.13 Å². The van der Waals surface area contributed by atoms with Crippen molar-refractivity contribution in [3.63, 3.8) is 0 Å². The van der Waals surface area contributed by atoms with Gasteiger partial charge in [-0.15, -0.1) is 0 Å². The average molecular weight is 502 g/mol. The lowest BCUT2D eigenvalue weighted by Crippen LogP contribution is -2.31. The first-order valence-electron chi connectivity index (χ1n) is 10.0. The molecule has 2 aromatic heterocycles. The highest BCUT2D eigenvalue weighted by Gasteiger charge is 2.44. The summed E-state index contributed by atoms with van der Waals surface area (Å²) in [4.78, 5) is 30.7. The zero-order valence-electron chi connectivity index (χ0n) is 17.3. The van der Waals surface area contributed by atoms with Crippen LogP contribution in [0, 0.1) is 5.82 Å². The molecule has 0 radical (unpaired) electrons. The van der Waals surface area contributed by atoms with E-state index in [2.05, 4.69) is 20.3 Å². The summed E-state index contributed by atoms with van der Waals surface area (Å²) in [6, 6.07) is 5.78. The minimum Gasteiger partial charge on any atom is -0.388 e. The second-order valence-electron chi connectivity index (χ2n) is 7.78. The Balaban J connectivity index is 1.62. The summed E-state index contributed by atoms with van der Waals surface area (Å²) < 4.78 is 32.4. The molecule has 5 N–H and O–H groups in total. The van der Waals surface area contributed by atoms with E-state index in [1.807, 2.05) is 0 Å². The van der Waals surface area contributed by atoms with Gasteiger partial charge in [0.2, 0.25) is 5.28 Å². The molecule has 11 nitrogen and oxygen atoms in total. The molecule has 0 aliphatic carbocycles. The molecule has 14 heteroatoms. The van der Waals surface area contributed by atoms with Crippen LogP contribution in [0.15, 0.2) is 30.6 Å². The molecule has 33 heavy (non-hydrogen) atoms. The lowest BCUT2D eigenvalue weighted by atomic mass is 10.1. The summed E-state index contributed by atoms with van der Waals surface area (Å²) in [6.07, 6.45) is -4.27. The van der Waals surface area contributed by atoms with Crippen molar-refractivity contribution in [2.45, 2.75) is 43.9 Å². The Kier molecular flexibility index (Phi) is 6.70. The number of nitrogens with one attached hydrogen (secondary N) is 1. The third-order valence-corrected chi connectivity index (χ3v) is 6.45. The van der Waals surface area contributed by atoms with Gasteiger partial charge < -0.3 is 30.1 Å². The zero-order chi connectivity index (χ0) is 23.9. The third-order valence-electron chi connectivity index (χ3n) is 5.44. The van der Waals surface area contributed by atoms with Crippen molar-refractivity contribution in [1.82, 2.24) is 19.5 Å². The molecule has 1 aliphatic heterocycles. The lowest BCUT2D eigenvalue weighted by Gasteiger charge is -2.18. The van der Waals surface area contributed by atoms with E-state index in [9.17, 15) is 19.2 Å². The Bertz CT molecular complexity index is 1210. The van der Waals surface area contributed by atoms with Crippen molar-refractivity contribution < 1.29 is 33.7 Å². The van der Waals surface area contributed by atoms with Crippen molar-refractivity contribution in [1.29, 1.82) is 0 Å². The number of nitrogens with zero attached hydrogens (tertiary/aromatic N) is 4. The fourth-order valence-corrected chi connectivity index (χ4v) is 4.53. The number of benzene rings is 1. The van der Waals surface area contributed by atoms with Crippen molar-refractivity contribution in [2.75, 3.05) is 11.5 Å². The molecule has 1 aliphatic rings. The number of imidazole rings is 1. The van der Waals surface area contributed by atoms with E-state index < -0.39 is 50.2 Å². The van der Waals surface area contributed by atoms with Crippen LogP contribution in [0.1, 0.15) is 31.2 Å². The number of hydrogen-bond donors (Lipinski definition) is 5. The molecule has 0 amide bonds. The van der Waals surface area contributed by atoms with Crippen LogP contribution in [0.2, 0.25) is 5.28 Å². The number of hydrogen-bond acceptors (Lipinski definition) is 8. The number of fused-ring (bicyclic) bond motifs is 1. The summed E-state index contributed by atoms with van der Waals surface area (Å²) in [5, 5.41) is 23.7. The Hall–Kier alpha value is -2.18. The van der Waals surface area contributed by atoms with Crippen LogP contribution in [0.3, 0.4) is 0 Å². The van der Waals surface area contributed by atoms with Gasteiger partial charge in [-0.05, 0) is 31.0 Å². The van der Waals surface area contributed by atoms with Gasteiger partial charge in [-0.2, -0.15) is 9.97 Å². The Morgan fingerprint density at radius 1 is 1.27 bits per heavy atom. The number of ether oxygens (including phenoxy) is 1. The second kappa shape index (κ2) is 9.22. The second-order valence-corrected chi connectivity index (χ2v) is 9.89. The van der Waals surface area contributed by atoms with E-state index in [-0.39, 0.29) is 28.7 Å². The Labute approximate surface area is 192 Å². The van der Waals surface area contributed by atoms with Gasteiger partial charge in [-0.1, -0.05) is 18.2 Å². The largest absolute Gasteiger partial charge is 0.388 e. The molecule has 1 saturated heterocycles. The summed E-state index contributed by atoms with van der Waals surface area (Å²) in [5.41, 5.74) is 0.863. The van der Waals surface area contributed by atoms with Crippen molar-refractivity contribution in [3.05, 3.63) is 47.3 Å². The molecule has 3 aromatic rings. The van der Waals surface area contributed by atoms with Crippen molar-refractivity contribution in [2.24, 2.45) is 0 Å². The van der Waals surface area contributed by atoms with E-state index in [4.69, 9.17) is 26.1 Å². The van der Waals surface area contributed by atoms with Gasteiger partial charge in [0.1, 0.15) is 18.0 Å². The molecule has 0 bridgehead atoms. The minimum atomic E-state index is -4.30. The number of rotatable bonds is 7. The summed E-state index contributed by atoms with van der Waals surface area (Å²) >= 11 is 6.10. The molecule has 1 unspecified atom stereocenters. The molecular formula is C19H22ClFN5O6P. The molecule has 3 heterocycles. The molecule has 5 atom stereocenters. The van der Waals surface area contributed by atoms with E-state index in [1.54, 1.807) is 25.1 Å². The topological polar surface area (TPSA) is 163 Å². The highest BCUT2D eigenvalue weighted by Crippen LogP contribution is 2.40. The number of halogens is 2. The third kappa shape index (κ3) is 5.02. The fraction of sp³-hybridized carbons (Fsp3) is 0.421. The first kappa shape index (κ1) is 24.0. The summed E-state index contributed by atoms with van der Waals surface area (Å²) in [6.45, 7) is 1.74. The van der Waals surface area contributed by atoms with Crippen LogP contribution in [-0.4, -0.2) is 64.0 Å². The van der Waals surface area contributed by atoms with E-state index in [1.165, 1.54) is 17.0 Å². The highest BCUT2D eigenvalue weighted by atomic mass is 35.5. The molecule has 0 saturated carbocycles. The zero-order valence-corrected chi connectivity index (χ0v) is 18.9. The predicted molar refractivity (Wildman–Crippen MR) is 116 cm³/mol. The molecule has 178 valence electrons. The smallest absolute Gasteiger partial charge is 0.325 e. The predicted octanol–water partition coefficient (Wildman–Crippen LogP) is 1.98. The first-order valence-corrected chi connectivity index (χ1v) is 12.2. The van der Waals surface area contributed by atoms with Gasteiger partial charge in [0.05, 0.1) is 24.6 Å². The highest BCUT2D eigenvalue weighted by molar-refractivity contribution is 7.51. The quantitative estimate of drug-likeness (QED) is 0.239. The lowest BCUT2D eigenvalue weighted by molar-refractivity contribution is -0.0355. The molecule has 1 fully saturated rings. The maximum Gasteiger partial charge on any atom is 0.325 e.